The number of anilines is 2. The van der Waals surface area contributed by atoms with E-state index in [2.05, 4.69) is 65.9 Å². The van der Waals surface area contributed by atoms with E-state index in [0.29, 0.717) is 12.2 Å². The molecule has 8 nitrogen and oxygen atoms in total. The van der Waals surface area contributed by atoms with Gasteiger partial charge in [0.1, 0.15) is 0 Å². The van der Waals surface area contributed by atoms with E-state index in [0.717, 1.165) is 59.6 Å². The van der Waals surface area contributed by atoms with Gasteiger partial charge in [0.05, 0.1) is 5.41 Å². The molecular formula is C31H34BrN5O3. The number of nitrogens with one attached hydrogen (secondary N) is 3. The van der Waals surface area contributed by atoms with Crippen LogP contribution in [0.4, 0.5) is 11.4 Å². The third kappa shape index (κ3) is 6.43. The number of fused-ring (bicyclic) bond motifs is 1. The van der Waals surface area contributed by atoms with Crippen LogP contribution in [-0.2, 0) is 39.4 Å². The van der Waals surface area contributed by atoms with Crippen molar-refractivity contribution in [3.63, 3.8) is 0 Å². The van der Waals surface area contributed by atoms with E-state index in [9.17, 15) is 14.4 Å². The molecule has 9 heteroatoms. The molecule has 40 heavy (non-hydrogen) atoms. The summed E-state index contributed by atoms with van der Waals surface area (Å²) in [7, 11) is 0. The maximum Gasteiger partial charge on any atom is 0.313 e. The number of hydrogen-bond acceptors (Lipinski definition) is 5. The molecule has 2 heterocycles. The Morgan fingerprint density at radius 1 is 0.875 bits per heavy atom. The molecule has 5 rings (SSSR count). The molecule has 1 fully saturated rings. The zero-order chi connectivity index (χ0) is 28.3. The van der Waals surface area contributed by atoms with Crippen molar-refractivity contribution in [2.24, 2.45) is 0 Å². The van der Waals surface area contributed by atoms with Gasteiger partial charge >= 0.3 is 11.8 Å². The molecule has 3 aromatic carbocycles. The summed E-state index contributed by atoms with van der Waals surface area (Å²) in [5.41, 5.74) is 4.73. The van der Waals surface area contributed by atoms with Crippen LogP contribution in [0.15, 0.2) is 71.2 Å². The molecule has 0 aliphatic carbocycles. The van der Waals surface area contributed by atoms with Crippen molar-refractivity contribution < 1.29 is 14.4 Å². The van der Waals surface area contributed by atoms with Gasteiger partial charge in [-0.05, 0) is 54.3 Å². The second-order valence-corrected chi connectivity index (χ2v) is 11.9. The highest BCUT2D eigenvalue weighted by Crippen LogP contribution is 2.37. The highest BCUT2D eigenvalue weighted by Gasteiger charge is 2.38. The van der Waals surface area contributed by atoms with Crippen LogP contribution in [0.3, 0.4) is 0 Å². The molecule has 0 aromatic heterocycles. The van der Waals surface area contributed by atoms with Gasteiger partial charge in [0.25, 0.3) is 0 Å². The van der Waals surface area contributed by atoms with Gasteiger partial charge < -0.3 is 16.0 Å². The number of carbonyl (C=O) groups excluding carboxylic acids is 3. The van der Waals surface area contributed by atoms with Gasteiger partial charge in [-0.25, -0.2) is 0 Å². The van der Waals surface area contributed by atoms with Gasteiger partial charge in [0.2, 0.25) is 5.91 Å². The monoisotopic (exact) mass is 603 g/mol. The summed E-state index contributed by atoms with van der Waals surface area (Å²) in [6.07, 6.45) is 0. The largest absolute Gasteiger partial charge is 0.344 e. The number of benzene rings is 3. The Balaban J connectivity index is 1.16. The van der Waals surface area contributed by atoms with Crippen LogP contribution in [0.25, 0.3) is 0 Å². The quantitative estimate of drug-likeness (QED) is 0.351. The lowest BCUT2D eigenvalue weighted by Gasteiger charge is -2.35. The first-order valence-corrected chi connectivity index (χ1v) is 14.3. The minimum atomic E-state index is -0.717. The van der Waals surface area contributed by atoms with Crippen LogP contribution in [-0.4, -0.2) is 53.7 Å². The summed E-state index contributed by atoms with van der Waals surface area (Å²) in [6, 6.07) is 21.8. The molecule has 208 valence electrons. The zero-order valence-corrected chi connectivity index (χ0v) is 24.4. The fraction of sp³-hybridized carbons (Fsp3) is 0.323. The van der Waals surface area contributed by atoms with Crippen molar-refractivity contribution in [2.45, 2.75) is 38.9 Å². The molecule has 0 unspecified atom stereocenters. The lowest BCUT2D eigenvalue weighted by Crippen LogP contribution is -2.45. The summed E-state index contributed by atoms with van der Waals surface area (Å²) >= 11 is 3.49. The number of rotatable bonds is 7. The average Bonchev–Trinajstić information content (AvgIpc) is 3.17. The van der Waals surface area contributed by atoms with Gasteiger partial charge in [-0.15, -0.1) is 0 Å². The predicted octanol–water partition coefficient (Wildman–Crippen LogP) is 4.25. The van der Waals surface area contributed by atoms with E-state index >= 15 is 0 Å². The fourth-order valence-corrected chi connectivity index (χ4v) is 5.52. The molecule has 3 aromatic rings. The minimum Gasteiger partial charge on any atom is -0.344 e. The predicted molar refractivity (Wildman–Crippen MR) is 160 cm³/mol. The molecule has 0 spiro atoms. The van der Waals surface area contributed by atoms with Gasteiger partial charge in [0, 0.05) is 61.7 Å². The van der Waals surface area contributed by atoms with Crippen molar-refractivity contribution in [3.05, 3.63) is 93.5 Å². The summed E-state index contributed by atoms with van der Waals surface area (Å²) in [5.74, 6) is -1.48. The Hall–Kier alpha value is -3.53. The lowest BCUT2D eigenvalue weighted by atomic mass is 9.85. The standard InChI is InChI=1S/C31H34BrN5O3/c1-31(2)25-16-22(8-11-26(25)35-30(31)40)18-33-28(38)29(39)34-27-17-24(32)10-9-23(27)20-37-14-12-36(13-15-37)19-21-6-4-3-5-7-21/h3-11,16-17H,12-15,18-20H2,1-2H3,(H,33,38)(H,34,39)(H,35,40). The van der Waals surface area contributed by atoms with Gasteiger partial charge in [-0.2, -0.15) is 0 Å². The van der Waals surface area contributed by atoms with E-state index < -0.39 is 17.2 Å². The maximum atomic E-state index is 12.8. The van der Waals surface area contributed by atoms with Crippen LogP contribution >= 0.6 is 15.9 Å². The number of halogens is 1. The van der Waals surface area contributed by atoms with Gasteiger partial charge in [-0.3, -0.25) is 24.2 Å². The Labute approximate surface area is 243 Å². The van der Waals surface area contributed by atoms with Gasteiger partial charge in [-0.1, -0.05) is 64.5 Å². The first kappa shape index (κ1) is 28.0. The van der Waals surface area contributed by atoms with Crippen molar-refractivity contribution >= 4 is 45.0 Å². The zero-order valence-electron chi connectivity index (χ0n) is 22.8. The number of nitrogens with zero attached hydrogens (tertiary/aromatic N) is 2. The van der Waals surface area contributed by atoms with E-state index in [1.54, 1.807) is 0 Å². The topological polar surface area (TPSA) is 93.8 Å². The third-order valence-corrected chi connectivity index (χ3v) is 8.15. The smallest absolute Gasteiger partial charge is 0.313 e. The Kier molecular flexibility index (Phi) is 8.35. The molecule has 0 saturated carbocycles. The van der Waals surface area contributed by atoms with E-state index in [4.69, 9.17) is 0 Å². The first-order chi connectivity index (χ1) is 19.2. The molecule has 3 N–H and O–H groups in total. The summed E-state index contributed by atoms with van der Waals surface area (Å²) in [6.45, 7) is 9.34. The molecule has 1 saturated heterocycles. The van der Waals surface area contributed by atoms with E-state index in [1.165, 1.54) is 5.56 Å². The number of hydrogen-bond donors (Lipinski definition) is 3. The Morgan fingerprint density at radius 3 is 2.30 bits per heavy atom. The highest BCUT2D eigenvalue weighted by atomic mass is 79.9. The SMILES string of the molecule is CC1(C)C(=O)Nc2ccc(CNC(=O)C(=O)Nc3cc(Br)ccc3CN3CCN(Cc4ccccc4)CC3)cc21. The highest BCUT2D eigenvalue weighted by molar-refractivity contribution is 9.10. The maximum absolute atomic E-state index is 12.8. The summed E-state index contributed by atoms with van der Waals surface area (Å²) in [4.78, 5) is 42.6. The van der Waals surface area contributed by atoms with Crippen LogP contribution in [0, 0.1) is 0 Å². The Morgan fingerprint density at radius 2 is 1.57 bits per heavy atom. The third-order valence-electron chi connectivity index (χ3n) is 7.66. The molecule has 0 atom stereocenters. The average molecular weight is 605 g/mol. The van der Waals surface area contributed by atoms with Crippen molar-refractivity contribution in [1.82, 2.24) is 15.1 Å². The summed E-state index contributed by atoms with van der Waals surface area (Å²) < 4.78 is 0.823. The molecule has 2 aliphatic rings. The molecular weight excluding hydrogens is 570 g/mol. The first-order valence-electron chi connectivity index (χ1n) is 13.5. The minimum absolute atomic E-state index is 0.0537. The number of amides is 3. The van der Waals surface area contributed by atoms with Crippen molar-refractivity contribution in [3.8, 4) is 0 Å². The lowest BCUT2D eigenvalue weighted by molar-refractivity contribution is -0.136. The van der Waals surface area contributed by atoms with Crippen LogP contribution < -0.4 is 16.0 Å². The fourth-order valence-electron chi connectivity index (χ4n) is 5.16. The van der Waals surface area contributed by atoms with Crippen LogP contribution in [0.2, 0.25) is 0 Å². The molecule has 3 amide bonds. The van der Waals surface area contributed by atoms with Crippen LogP contribution in [0.1, 0.15) is 36.1 Å². The Bertz CT molecular complexity index is 1420. The van der Waals surface area contributed by atoms with E-state index in [-0.39, 0.29) is 12.5 Å². The number of carbonyl (C=O) groups is 3. The summed E-state index contributed by atoms with van der Waals surface area (Å²) in [5, 5.41) is 8.39. The second-order valence-electron chi connectivity index (χ2n) is 10.9. The molecule has 2 aliphatic heterocycles. The normalized spacial score (nSPS) is 16.7. The van der Waals surface area contributed by atoms with Gasteiger partial charge in [0.15, 0.2) is 0 Å². The van der Waals surface area contributed by atoms with E-state index in [1.807, 2.05) is 56.3 Å². The molecule has 0 radical (unpaired) electrons. The second kappa shape index (κ2) is 11.9. The van der Waals surface area contributed by atoms with Crippen LogP contribution in [0.5, 0.6) is 0 Å². The van der Waals surface area contributed by atoms with Crippen molar-refractivity contribution in [2.75, 3.05) is 36.8 Å². The molecule has 0 bridgehead atoms. The number of piperazine rings is 1. The van der Waals surface area contributed by atoms with Crippen molar-refractivity contribution in [1.29, 1.82) is 0 Å².